The molecule has 0 spiro atoms. The van der Waals surface area contributed by atoms with Crippen LogP contribution in [-0.4, -0.2) is 65.2 Å². The van der Waals surface area contributed by atoms with Crippen LogP contribution in [0.5, 0.6) is 5.88 Å². The van der Waals surface area contributed by atoms with Crippen LogP contribution >= 0.6 is 11.3 Å². The van der Waals surface area contributed by atoms with Gasteiger partial charge < -0.3 is 25.6 Å². The molecule has 3 heterocycles. The summed E-state index contributed by atoms with van der Waals surface area (Å²) in [6.45, 7) is 4.65. The maximum absolute atomic E-state index is 13.4. The van der Waals surface area contributed by atoms with Crippen LogP contribution in [0.1, 0.15) is 59.7 Å². The van der Waals surface area contributed by atoms with Crippen LogP contribution < -0.4 is 15.8 Å². The number of methoxy groups -OCH3 is 1. The van der Waals surface area contributed by atoms with Crippen LogP contribution in [0.25, 0.3) is 10.2 Å². The second-order valence-corrected chi connectivity index (χ2v) is 10.7. The first-order chi connectivity index (χ1) is 17.6. The van der Waals surface area contributed by atoms with Crippen LogP contribution in [0.2, 0.25) is 0 Å². The van der Waals surface area contributed by atoms with Crippen LogP contribution in [-0.2, 0) is 9.59 Å². The molecule has 0 radical (unpaired) electrons. The van der Waals surface area contributed by atoms with Gasteiger partial charge in [-0.15, -0.1) is 11.3 Å². The number of nitrogens with two attached hydrogens (primary N) is 1. The van der Waals surface area contributed by atoms with Gasteiger partial charge in [-0.2, -0.15) is 0 Å². The molecule has 1 aliphatic rings. The number of ether oxygens (including phenoxy) is 1. The third-order valence-corrected chi connectivity index (χ3v) is 7.99. The highest BCUT2D eigenvalue weighted by atomic mass is 32.1. The van der Waals surface area contributed by atoms with E-state index in [1.165, 1.54) is 19.4 Å². The van der Waals surface area contributed by atoms with Gasteiger partial charge in [-0.25, -0.2) is 9.97 Å². The molecule has 0 unspecified atom stereocenters. The van der Waals surface area contributed by atoms with Crippen LogP contribution in [0.15, 0.2) is 30.5 Å². The van der Waals surface area contributed by atoms with Crippen molar-refractivity contribution in [2.45, 2.75) is 38.8 Å². The van der Waals surface area contributed by atoms with Gasteiger partial charge in [0.25, 0.3) is 5.91 Å². The highest BCUT2D eigenvalue weighted by Crippen LogP contribution is 2.36. The number of piperidine rings is 1. The Labute approximate surface area is 219 Å². The fourth-order valence-electron chi connectivity index (χ4n) is 4.47. The molecule has 3 N–H and O–H groups in total. The monoisotopic (exact) mass is 524 g/mol. The Morgan fingerprint density at radius 1 is 1.24 bits per heavy atom. The normalized spacial score (nSPS) is 18.6. The van der Waals surface area contributed by atoms with Gasteiger partial charge in [0.2, 0.25) is 5.88 Å². The lowest BCUT2D eigenvalue weighted by atomic mass is 9.89. The molecule has 0 aliphatic carbocycles. The number of hydrogen-bond donors (Lipinski definition) is 2. The number of benzene rings is 1. The van der Waals surface area contributed by atoms with E-state index in [0.717, 1.165) is 33.6 Å². The molecule has 1 fully saturated rings. The van der Waals surface area contributed by atoms with E-state index in [-0.39, 0.29) is 35.1 Å². The van der Waals surface area contributed by atoms with Crippen molar-refractivity contribution in [2.75, 3.05) is 33.1 Å². The molecule has 37 heavy (non-hydrogen) atoms. The first kappa shape index (κ1) is 26.5. The van der Waals surface area contributed by atoms with Crippen LogP contribution in [0.3, 0.4) is 0 Å². The summed E-state index contributed by atoms with van der Waals surface area (Å²) in [6.07, 6.45) is 3.00. The smallest absolute Gasteiger partial charge is 0.313 e. The minimum atomic E-state index is -0.807. The molecule has 4 rings (SSSR count). The predicted octanol–water partition coefficient (Wildman–Crippen LogP) is 3.36. The zero-order valence-corrected chi connectivity index (χ0v) is 22.5. The van der Waals surface area contributed by atoms with Crippen molar-refractivity contribution in [3.05, 3.63) is 46.6 Å². The molecule has 196 valence electrons. The summed E-state index contributed by atoms with van der Waals surface area (Å²) < 4.78 is 6.12. The number of pyridine rings is 1. The van der Waals surface area contributed by atoms with Gasteiger partial charge in [0.1, 0.15) is 10.6 Å². The lowest BCUT2D eigenvalue weighted by molar-refractivity contribution is -0.146. The summed E-state index contributed by atoms with van der Waals surface area (Å²) in [6, 6.07) is 7.40. The first-order valence-corrected chi connectivity index (χ1v) is 12.9. The molecule has 3 aromatic rings. The van der Waals surface area contributed by atoms with Crippen molar-refractivity contribution in [1.82, 2.24) is 19.8 Å². The minimum absolute atomic E-state index is 0.0109. The average Bonchev–Trinajstić information content (AvgIpc) is 3.30. The van der Waals surface area contributed by atoms with Crippen molar-refractivity contribution in [2.24, 2.45) is 11.7 Å². The Bertz CT molecular complexity index is 1340. The van der Waals surface area contributed by atoms with Crippen molar-refractivity contribution in [1.29, 1.82) is 0 Å². The number of carbonyl (C=O) groups excluding carboxylic acids is 3. The molecule has 3 atom stereocenters. The summed E-state index contributed by atoms with van der Waals surface area (Å²) in [4.78, 5) is 50.7. The molecule has 0 bridgehead atoms. The fraction of sp³-hybridized carbons (Fsp3) is 0.423. The number of nitrogens with one attached hydrogen (secondary N) is 1. The minimum Gasteiger partial charge on any atom is -0.480 e. The van der Waals surface area contributed by atoms with Gasteiger partial charge in [0.05, 0.1) is 41.3 Å². The number of rotatable bonds is 6. The fourth-order valence-corrected chi connectivity index (χ4v) is 5.56. The summed E-state index contributed by atoms with van der Waals surface area (Å²) in [7, 11) is 5.41. The molecule has 3 amide bonds. The Balaban J connectivity index is 1.58. The zero-order chi connectivity index (χ0) is 26.9. The quantitative estimate of drug-likeness (QED) is 0.473. The Morgan fingerprint density at radius 3 is 2.68 bits per heavy atom. The van der Waals surface area contributed by atoms with Gasteiger partial charge in [-0.1, -0.05) is 13.0 Å². The molecule has 1 saturated heterocycles. The standard InChI is InChI=1S/C26H32N6O4S/c1-14-6-8-20(16-7-9-21-19(10-16)30-25(37-21)15(2)31(3)4)32(13-14)26(35)23(34)29-17-11-18(22(27)33)24(36-5)28-12-17/h7,9-12,14-15,20H,6,8,13H2,1-5H3,(H2,27,33)(H,29,34)/t14-,15-,20+/m0/s1. The number of aromatic nitrogens is 2. The summed E-state index contributed by atoms with van der Waals surface area (Å²) in [5, 5.41) is 3.59. The van der Waals surface area contributed by atoms with Crippen LogP contribution in [0.4, 0.5) is 5.69 Å². The predicted molar refractivity (Wildman–Crippen MR) is 143 cm³/mol. The van der Waals surface area contributed by atoms with Gasteiger partial charge >= 0.3 is 11.8 Å². The van der Waals surface area contributed by atoms with Crippen molar-refractivity contribution >= 4 is 45.0 Å². The summed E-state index contributed by atoms with van der Waals surface area (Å²) in [5.74, 6) is -1.90. The molecule has 2 aromatic heterocycles. The molecule has 11 heteroatoms. The second-order valence-electron chi connectivity index (χ2n) is 9.67. The zero-order valence-electron chi connectivity index (χ0n) is 21.6. The number of anilines is 1. The number of amides is 3. The Hall–Kier alpha value is -3.57. The van der Waals surface area contributed by atoms with E-state index in [1.807, 2.05) is 32.3 Å². The number of carbonyl (C=O) groups is 3. The topological polar surface area (TPSA) is 131 Å². The van der Waals surface area contributed by atoms with Gasteiger partial charge in [0, 0.05) is 6.54 Å². The molecule has 1 aliphatic heterocycles. The number of likely N-dealkylation sites (tertiary alicyclic amines) is 1. The van der Waals surface area contributed by atoms with E-state index in [2.05, 4.69) is 29.0 Å². The molecular formula is C26H32N6O4S. The molecule has 1 aromatic carbocycles. The maximum Gasteiger partial charge on any atom is 0.313 e. The van der Waals surface area contributed by atoms with Crippen molar-refractivity contribution in [3.8, 4) is 5.88 Å². The van der Waals surface area contributed by atoms with Gasteiger partial charge in [-0.05, 0) is 63.5 Å². The second kappa shape index (κ2) is 10.8. The van der Waals surface area contributed by atoms with E-state index in [9.17, 15) is 14.4 Å². The third kappa shape index (κ3) is 5.57. The molecular weight excluding hydrogens is 492 g/mol. The average molecular weight is 525 g/mol. The molecule has 10 nitrogen and oxygen atoms in total. The highest BCUT2D eigenvalue weighted by Gasteiger charge is 2.34. The lowest BCUT2D eigenvalue weighted by Crippen LogP contribution is -2.46. The van der Waals surface area contributed by atoms with Gasteiger partial charge in [0.15, 0.2) is 0 Å². The Morgan fingerprint density at radius 2 is 2.00 bits per heavy atom. The number of nitrogens with zero attached hydrogens (tertiary/aromatic N) is 4. The van der Waals surface area contributed by atoms with E-state index in [0.29, 0.717) is 6.54 Å². The van der Waals surface area contributed by atoms with Crippen LogP contribution in [0, 0.1) is 5.92 Å². The summed E-state index contributed by atoms with van der Waals surface area (Å²) in [5.41, 5.74) is 7.42. The number of primary amides is 1. The van der Waals surface area contributed by atoms with Crippen molar-refractivity contribution in [3.63, 3.8) is 0 Å². The first-order valence-electron chi connectivity index (χ1n) is 12.1. The lowest BCUT2D eigenvalue weighted by Gasteiger charge is -2.38. The third-order valence-electron chi connectivity index (χ3n) is 6.79. The van der Waals surface area contributed by atoms with E-state index >= 15 is 0 Å². The summed E-state index contributed by atoms with van der Waals surface area (Å²) >= 11 is 1.66. The van der Waals surface area contributed by atoms with E-state index in [1.54, 1.807) is 16.2 Å². The SMILES string of the molecule is COc1ncc(NC(=O)C(=O)N2C[C@@H](C)CC[C@@H]2c2ccc3sc([C@H](C)N(C)C)nc3c2)cc1C(N)=O. The van der Waals surface area contributed by atoms with Gasteiger partial charge in [-0.3, -0.25) is 14.4 Å². The largest absolute Gasteiger partial charge is 0.480 e. The van der Waals surface area contributed by atoms with E-state index < -0.39 is 17.7 Å². The maximum atomic E-state index is 13.4. The number of fused-ring (bicyclic) bond motifs is 1. The highest BCUT2D eigenvalue weighted by molar-refractivity contribution is 7.18. The number of thiazole rings is 1. The van der Waals surface area contributed by atoms with E-state index in [4.69, 9.17) is 15.5 Å². The Kier molecular flexibility index (Phi) is 7.74. The number of hydrogen-bond acceptors (Lipinski definition) is 8. The van der Waals surface area contributed by atoms with Crippen molar-refractivity contribution < 1.29 is 19.1 Å². The molecule has 0 saturated carbocycles.